The number of halogens is 1. The molecule has 0 saturated carbocycles. The van der Waals surface area contributed by atoms with Crippen LogP contribution >= 0.6 is 11.6 Å². The van der Waals surface area contributed by atoms with Crippen molar-refractivity contribution in [1.82, 2.24) is 24.8 Å². The van der Waals surface area contributed by atoms with Crippen LogP contribution in [0.15, 0.2) is 49.1 Å². The van der Waals surface area contributed by atoms with E-state index in [1.807, 2.05) is 30.0 Å². The standard InChI is InChI=1S/C23H25ClN6O/c1-15-7-4-11-30(19(15)14-29-23-27-12-17(24)13-28-23)22(31)20-16(2)6-3-8-18(20)21-25-9-5-10-26-21/h3,5-6,8-10,12-13,15,19H,4,7,11,14H2,1-2H3,(H,27,28,29)/t15-,19-/m1/s1. The van der Waals surface area contributed by atoms with Crippen LogP contribution in [0.4, 0.5) is 5.95 Å². The molecule has 7 nitrogen and oxygen atoms in total. The average Bonchev–Trinajstić information content (AvgIpc) is 2.79. The Morgan fingerprint density at radius 2 is 1.90 bits per heavy atom. The number of piperidine rings is 1. The van der Waals surface area contributed by atoms with Gasteiger partial charge in [-0.3, -0.25) is 4.79 Å². The molecule has 160 valence electrons. The monoisotopic (exact) mass is 436 g/mol. The number of aromatic nitrogens is 4. The van der Waals surface area contributed by atoms with E-state index in [1.165, 1.54) is 0 Å². The summed E-state index contributed by atoms with van der Waals surface area (Å²) in [6.45, 7) is 5.42. The molecule has 0 aliphatic carbocycles. The van der Waals surface area contributed by atoms with Crippen molar-refractivity contribution in [2.45, 2.75) is 32.7 Å². The van der Waals surface area contributed by atoms with Gasteiger partial charge in [0, 0.05) is 31.0 Å². The molecule has 1 aliphatic rings. The number of hydrogen-bond acceptors (Lipinski definition) is 6. The smallest absolute Gasteiger partial charge is 0.255 e. The van der Waals surface area contributed by atoms with Gasteiger partial charge in [0.05, 0.1) is 29.0 Å². The molecule has 2 atom stereocenters. The van der Waals surface area contributed by atoms with Crippen molar-refractivity contribution < 1.29 is 4.79 Å². The van der Waals surface area contributed by atoms with Crippen LogP contribution in [0.1, 0.15) is 35.7 Å². The zero-order valence-electron chi connectivity index (χ0n) is 17.6. The fourth-order valence-corrected chi connectivity index (χ4v) is 4.23. The van der Waals surface area contributed by atoms with Crippen LogP contribution in [0.2, 0.25) is 5.02 Å². The van der Waals surface area contributed by atoms with E-state index in [1.54, 1.807) is 30.9 Å². The summed E-state index contributed by atoms with van der Waals surface area (Å²) in [5, 5.41) is 3.76. The number of nitrogens with one attached hydrogen (secondary N) is 1. The highest BCUT2D eigenvalue weighted by atomic mass is 35.5. The molecule has 31 heavy (non-hydrogen) atoms. The van der Waals surface area contributed by atoms with E-state index in [-0.39, 0.29) is 11.9 Å². The number of benzene rings is 1. The SMILES string of the molecule is Cc1cccc(-c2ncccn2)c1C(=O)N1CCC[C@@H](C)[C@H]1CNc1ncc(Cl)cn1. The van der Waals surface area contributed by atoms with Crippen molar-refractivity contribution in [3.63, 3.8) is 0 Å². The van der Waals surface area contributed by atoms with Crippen molar-refractivity contribution in [1.29, 1.82) is 0 Å². The Bertz CT molecular complexity index is 1040. The molecule has 2 aromatic heterocycles. The average molecular weight is 437 g/mol. The van der Waals surface area contributed by atoms with Crippen LogP contribution < -0.4 is 5.32 Å². The first kappa shape index (κ1) is 21.2. The van der Waals surface area contributed by atoms with Gasteiger partial charge in [-0.2, -0.15) is 0 Å². The lowest BCUT2D eigenvalue weighted by Crippen LogP contribution is -2.51. The predicted octanol–water partition coefficient (Wildman–Crippen LogP) is 4.25. The molecule has 1 fully saturated rings. The molecule has 1 amide bonds. The maximum atomic E-state index is 13.8. The minimum Gasteiger partial charge on any atom is -0.352 e. The van der Waals surface area contributed by atoms with Crippen LogP contribution in [-0.2, 0) is 0 Å². The molecule has 1 N–H and O–H groups in total. The normalized spacial score (nSPS) is 18.6. The number of carbonyl (C=O) groups is 1. The Balaban J connectivity index is 1.62. The first-order valence-electron chi connectivity index (χ1n) is 10.4. The highest BCUT2D eigenvalue weighted by Gasteiger charge is 2.34. The quantitative estimate of drug-likeness (QED) is 0.643. The summed E-state index contributed by atoms with van der Waals surface area (Å²) in [5.74, 6) is 1.42. The molecule has 8 heteroatoms. The number of anilines is 1. The minimum atomic E-state index is 0.0101. The second-order valence-corrected chi connectivity index (χ2v) is 8.30. The molecule has 0 unspecified atom stereocenters. The summed E-state index contributed by atoms with van der Waals surface area (Å²) in [6, 6.07) is 7.60. The van der Waals surface area contributed by atoms with Gasteiger partial charge in [0.25, 0.3) is 5.91 Å². The first-order valence-corrected chi connectivity index (χ1v) is 10.8. The molecule has 3 aromatic rings. The number of hydrogen-bond donors (Lipinski definition) is 1. The van der Waals surface area contributed by atoms with Crippen LogP contribution in [0.3, 0.4) is 0 Å². The third-order valence-electron chi connectivity index (χ3n) is 5.76. The summed E-state index contributed by atoms with van der Waals surface area (Å²) in [5.41, 5.74) is 2.34. The summed E-state index contributed by atoms with van der Waals surface area (Å²) < 4.78 is 0. The van der Waals surface area contributed by atoms with Gasteiger partial charge in [-0.1, -0.05) is 36.7 Å². The zero-order valence-corrected chi connectivity index (χ0v) is 18.4. The summed E-state index contributed by atoms with van der Waals surface area (Å²) in [4.78, 5) is 33.0. The molecule has 0 radical (unpaired) electrons. The predicted molar refractivity (Wildman–Crippen MR) is 121 cm³/mol. The van der Waals surface area contributed by atoms with Gasteiger partial charge in [0.15, 0.2) is 5.82 Å². The second-order valence-electron chi connectivity index (χ2n) is 7.86. The first-order chi connectivity index (χ1) is 15.0. The number of carbonyl (C=O) groups excluding carboxylic acids is 1. The number of nitrogens with zero attached hydrogens (tertiary/aromatic N) is 5. The Kier molecular flexibility index (Phi) is 6.42. The molecular weight excluding hydrogens is 412 g/mol. The van der Waals surface area contributed by atoms with Crippen LogP contribution in [0.25, 0.3) is 11.4 Å². The van der Waals surface area contributed by atoms with E-state index in [0.29, 0.717) is 41.4 Å². The zero-order chi connectivity index (χ0) is 21.8. The van der Waals surface area contributed by atoms with Crippen LogP contribution in [0, 0.1) is 12.8 Å². The highest BCUT2D eigenvalue weighted by molar-refractivity contribution is 6.30. The third kappa shape index (κ3) is 4.66. The maximum absolute atomic E-state index is 13.8. The van der Waals surface area contributed by atoms with Gasteiger partial charge in [0.2, 0.25) is 5.95 Å². The lowest BCUT2D eigenvalue weighted by atomic mass is 9.89. The number of aryl methyl sites for hydroxylation is 1. The molecule has 0 spiro atoms. The molecule has 1 saturated heterocycles. The van der Waals surface area contributed by atoms with Gasteiger partial charge in [-0.25, -0.2) is 19.9 Å². The van der Waals surface area contributed by atoms with Gasteiger partial charge in [0.1, 0.15) is 0 Å². The molecule has 0 bridgehead atoms. The summed E-state index contributed by atoms with van der Waals surface area (Å²) in [7, 11) is 0. The highest BCUT2D eigenvalue weighted by Crippen LogP contribution is 2.30. The van der Waals surface area contributed by atoms with E-state index >= 15 is 0 Å². The summed E-state index contributed by atoms with van der Waals surface area (Å²) in [6.07, 6.45) is 8.55. The topological polar surface area (TPSA) is 83.9 Å². The number of rotatable bonds is 5. The van der Waals surface area contributed by atoms with E-state index in [9.17, 15) is 4.79 Å². The van der Waals surface area contributed by atoms with E-state index < -0.39 is 0 Å². The van der Waals surface area contributed by atoms with Crippen molar-refractivity contribution in [3.05, 3.63) is 65.2 Å². The molecule has 3 heterocycles. The Morgan fingerprint density at radius 1 is 1.16 bits per heavy atom. The molecule has 1 aromatic carbocycles. The number of likely N-dealkylation sites (tertiary alicyclic amines) is 1. The van der Waals surface area contributed by atoms with Crippen LogP contribution in [-0.4, -0.2) is 49.9 Å². The van der Waals surface area contributed by atoms with Gasteiger partial charge in [-0.15, -0.1) is 0 Å². The van der Waals surface area contributed by atoms with Gasteiger partial charge < -0.3 is 10.2 Å². The number of amides is 1. The van der Waals surface area contributed by atoms with Crippen molar-refractivity contribution in [2.24, 2.45) is 5.92 Å². The fraction of sp³-hybridized carbons (Fsp3) is 0.348. The van der Waals surface area contributed by atoms with E-state index in [0.717, 1.165) is 24.0 Å². The molecule has 4 rings (SSSR count). The van der Waals surface area contributed by atoms with Crippen LogP contribution in [0.5, 0.6) is 0 Å². The van der Waals surface area contributed by atoms with Crippen molar-refractivity contribution in [3.8, 4) is 11.4 Å². The lowest BCUT2D eigenvalue weighted by Gasteiger charge is -2.40. The molecular formula is C23H25ClN6O. The van der Waals surface area contributed by atoms with Crippen molar-refractivity contribution >= 4 is 23.5 Å². The third-order valence-corrected chi connectivity index (χ3v) is 5.95. The Morgan fingerprint density at radius 3 is 2.65 bits per heavy atom. The largest absolute Gasteiger partial charge is 0.352 e. The van der Waals surface area contributed by atoms with E-state index in [2.05, 4.69) is 32.2 Å². The summed E-state index contributed by atoms with van der Waals surface area (Å²) >= 11 is 5.88. The minimum absolute atomic E-state index is 0.0101. The van der Waals surface area contributed by atoms with Gasteiger partial charge >= 0.3 is 0 Å². The lowest BCUT2D eigenvalue weighted by molar-refractivity contribution is 0.0540. The Hall–Kier alpha value is -3.06. The van der Waals surface area contributed by atoms with Crippen molar-refractivity contribution in [2.75, 3.05) is 18.4 Å². The Labute approximate surface area is 186 Å². The van der Waals surface area contributed by atoms with E-state index in [4.69, 9.17) is 11.6 Å². The fourth-order valence-electron chi connectivity index (χ4n) is 4.13. The molecule has 1 aliphatic heterocycles. The maximum Gasteiger partial charge on any atom is 0.255 e. The van der Waals surface area contributed by atoms with Gasteiger partial charge in [-0.05, 0) is 37.3 Å². The second kappa shape index (κ2) is 9.39.